The molecule has 15 heavy (non-hydrogen) atoms. The molecule has 0 amide bonds. The molecule has 1 aromatic rings. The number of hydrogen-bond donors (Lipinski definition) is 0. The number of ether oxygens (including phenoxy) is 1. The number of aryl methyl sites for hydroxylation is 1. The molecule has 0 atom stereocenters. The molecule has 1 aliphatic rings. The van der Waals surface area contributed by atoms with Crippen LogP contribution >= 0.6 is 0 Å². The Bertz CT molecular complexity index is 481. The lowest BCUT2D eigenvalue weighted by molar-refractivity contribution is 0.293. The Kier molecular flexibility index (Phi) is 2.44. The van der Waals surface area contributed by atoms with Gasteiger partial charge in [-0.1, -0.05) is 6.07 Å². The van der Waals surface area contributed by atoms with Crippen molar-refractivity contribution in [3.05, 3.63) is 23.8 Å². The minimum absolute atomic E-state index is 0.266. The van der Waals surface area contributed by atoms with Crippen LogP contribution < -0.4 is 4.74 Å². The predicted octanol–water partition coefficient (Wildman–Crippen LogP) is 1.01. The molecule has 0 bridgehead atoms. The molecule has 0 spiro atoms. The number of nitrogens with zero attached hydrogens (tertiary/aromatic N) is 1. The summed E-state index contributed by atoms with van der Waals surface area (Å²) in [5.74, 6) is 0.449. The molecule has 0 radical (unpaired) electrons. The van der Waals surface area contributed by atoms with Crippen LogP contribution in [0.25, 0.3) is 0 Å². The highest BCUT2D eigenvalue weighted by Crippen LogP contribution is 2.29. The van der Waals surface area contributed by atoms with Crippen LogP contribution in [-0.2, 0) is 10.0 Å². The molecule has 4 nitrogen and oxygen atoms in total. The van der Waals surface area contributed by atoms with E-state index in [-0.39, 0.29) is 4.90 Å². The maximum Gasteiger partial charge on any atom is 0.246 e. The molecule has 0 aromatic heterocycles. The van der Waals surface area contributed by atoms with Crippen LogP contribution in [0.4, 0.5) is 0 Å². The molecule has 1 heterocycles. The monoisotopic (exact) mass is 227 g/mol. The summed E-state index contributed by atoms with van der Waals surface area (Å²) in [5.41, 5.74) is 0.913. The van der Waals surface area contributed by atoms with Crippen LogP contribution in [0.2, 0.25) is 0 Å². The van der Waals surface area contributed by atoms with E-state index >= 15 is 0 Å². The van der Waals surface area contributed by atoms with Gasteiger partial charge in [0.15, 0.2) is 0 Å². The van der Waals surface area contributed by atoms with Crippen LogP contribution in [0.1, 0.15) is 5.56 Å². The lowest BCUT2D eigenvalue weighted by Gasteiger charge is -2.12. The molecule has 0 aliphatic carbocycles. The van der Waals surface area contributed by atoms with Gasteiger partial charge in [0.2, 0.25) is 10.0 Å². The summed E-state index contributed by atoms with van der Waals surface area (Å²) >= 11 is 0. The summed E-state index contributed by atoms with van der Waals surface area (Å²) in [6, 6.07) is 5.20. The highest BCUT2D eigenvalue weighted by molar-refractivity contribution is 7.89. The lowest BCUT2D eigenvalue weighted by Crippen LogP contribution is -2.28. The van der Waals surface area contributed by atoms with E-state index in [2.05, 4.69) is 0 Å². The minimum Gasteiger partial charge on any atom is -0.491 e. The maximum absolute atomic E-state index is 12.0. The van der Waals surface area contributed by atoms with Crippen molar-refractivity contribution in [3.8, 4) is 5.75 Å². The second-order valence-electron chi connectivity index (χ2n) is 3.63. The number of benzene rings is 1. The van der Waals surface area contributed by atoms with E-state index in [9.17, 15) is 8.42 Å². The lowest BCUT2D eigenvalue weighted by atomic mass is 10.2. The standard InChI is InChI=1S/C10H13NO3S/c1-8-3-4-9-10(7-8)15(12,13)11(2)5-6-14-9/h3-4,7H,5-6H2,1-2H3. The van der Waals surface area contributed by atoms with Gasteiger partial charge in [-0.15, -0.1) is 0 Å². The van der Waals surface area contributed by atoms with Crippen molar-refractivity contribution >= 4 is 10.0 Å². The molecule has 82 valence electrons. The Balaban J connectivity index is 2.66. The molecule has 0 unspecified atom stereocenters. The van der Waals surface area contributed by atoms with Crippen molar-refractivity contribution in [2.24, 2.45) is 0 Å². The summed E-state index contributed by atoms with van der Waals surface area (Å²) in [7, 11) is -1.81. The van der Waals surface area contributed by atoms with Gasteiger partial charge in [-0.05, 0) is 24.6 Å². The van der Waals surface area contributed by atoms with E-state index < -0.39 is 10.0 Å². The number of rotatable bonds is 0. The Morgan fingerprint density at radius 3 is 2.87 bits per heavy atom. The molecule has 2 rings (SSSR count). The SMILES string of the molecule is Cc1ccc2c(c1)S(=O)(=O)N(C)CCO2. The van der Waals surface area contributed by atoms with Crippen LogP contribution in [0.5, 0.6) is 5.75 Å². The Labute approximate surface area is 89.5 Å². The van der Waals surface area contributed by atoms with Gasteiger partial charge in [0.1, 0.15) is 17.3 Å². The number of sulfonamides is 1. The third-order valence-electron chi connectivity index (χ3n) is 2.45. The molecule has 5 heteroatoms. The largest absolute Gasteiger partial charge is 0.491 e. The van der Waals surface area contributed by atoms with Crippen molar-refractivity contribution in [1.29, 1.82) is 0 Å². The van der Waals surface area contributed by atoms with Gasteiger partial charge in [-0.2, -0.15) is 4.31 Å². The Hall–Kier alpha value is -1.07. The summed E-state index contributed by atoms with van der Waals surface area (Å²) < 4.78 is 30.8. The zero-order chi connectivity index (χ0) is 11.1. The van der Waals surface area contributed by atoms with E-state index in [4.69, 9.17) is 4.74 Å². The zero-order valence-electron chi connectivity index (χ0n) is 8.73. The third kappa shape index (κ3) is 1.72. The van der Waals surface area contributed by atoms with Crippen LogP contribution in [0.15, 0.2) is 23.1 Å². The quantitative estimate of drug-likeness (QED) is 0.664. The smallest absolute Gasteiger partial charge is 0.246 e. The van der Waals surface area contributed by atoms with Gasteiger partial charge in [0.05, 0.1) is 0 Å². The molecule has 1 aromatic carbocycles. The fourth-order valence-electron chi connectivity index (χ4n) is 1.51. The first-order valence-electron chi connectivity index (χ1n) is 4.71. The molecule has 0 N–H and O–H groups in total. The van der Waals surface area contributed by atoms with Crippen LogP contribution in [0.3, 0.4) is 0 Å². The molecular weight excluding hydrogens is 214 g/mol. The normalized spacial score (nSPS) is 20.1. The van der Waals surface area contributed by atoms with Crippen molar-refractivity contribution in [2.45, 2.75) is 11.8 Å². The van der Waals surface area contributed by atoms with E-state index in [1.165, 1.54) is 4.31 Å². The van der Waals surface area contributed by atoms with Gasteiger partial charge >= 0.3 is 0 Å². The van der Waals surface area contributed by atoms with Crippen molar-refractivity contribution < 1.29 is 13.2 Å². The molecule has 1 aliphatic heterocycles. The van der Waals surface area contributed by atoms with E-state index in [0.717, 1.165) is 5.56 Å². The maximum atomic E-state index is 12.0. The van der Waals surface area contributed by atoms with Crippen LogP contribution in [-0.4, -0.2) is 32.9 Å². The second kappa shape index (κ2) is 3.50. The van der Waals surface area contributed by atoms with E-state index in [0.29, 0.717) is 18.9 Å². The zero-order valence-corrected chi connectivity index (χ0v) is 9.54. The number of likely N-dealkylation sites (N-methyl/N-ethyl adjacent to an activating group) is 1. The van der Waals surface area contributed by atoms with Gasteiger partial charge in [0.25, 0.3) is 0 Å². The summed E-state index contributed by atoms with van der Waals surface area (Å²) in [6.45, 7) is 2.64. The third-order valence-corrected chi connectivity index (χ3v) is 4.33. The fourth-order valence-corrected chi connectivity index (χ4v) is 2.88. The Morgan fingerprint density at radius 1 is 1.40 bits per heavy atom. The molecule has 0 fully saturated rings. The summed E-state index contributed by atoms with van der Waals surface area (Å²) in [5, 5.41) is 0. The summed E-state index contributed by atoms with van der Waals surface area (Å²) in [6.07, 6.45) is 0. The van der Waals surface area contributed by atoms with Crippen molar-refractivity contribution in [3.63, 3.8) is 0 Å². The van der Waals surface area contributed by atoms with Gasteiger partial charge in [-0.25, -0.2) is 8.42 Å². The van der Waals surface area contributed by atoms with Crippen LogP contribution in [0, 0.1) is 6.92 Å². The van der Waals surface area contributed by atoms with Gasteiger partial charge in [-0.3, -0.25) is 0 Å². The molecule has 0 saturated heterocycles. The van der Waals surface area contributed by atoms with E-state index in [1.54, 1.807) is 19.2 Å². The number of hydrogen-bond acceptors (Lipinski definition) is 3. The summed E-state index contributed by atoms with van der Waals surface area (Å²) in [4.78, 5) is 0.266. The average molecular weight is 227 g/mol. The highest BCUT2D eigenvalue weighted by Gasteiger charge is 2.27. The van der Waals surface area contributed by atoms with Gasteiger partial charge in [0, 0.05) is 13.6 Å². The van der Waals surface area contributed by atoms with Crippen molar-refractivity contribution in [1.82, 2.24) is 4.31 Å². The van der Waals surface area contributed by atoms with Crippen molar-refractivity contribution in [2.75, 3.05) is 20.2 Å². The molecule has 0 saturated carbocycles. The first-order valence-corrected chi connectivity index (χ1v) is 6.15. The Morgan fingerprint density at radius 2 is 2.13 bits per heavy atom. The number of fused-ring (bicyclic) bond motifs is 1. The minimum atomic E-state index is -3.37. The molecular formula is C10H13NO3S. The average Bonchev–Trinajstić information content (AvgIpc) is 2.28. The topological polar surface area (TPSA) is 46.6 Å². The second-order valence-corrected chi connectivity index (χ2v) is 5.64. The fraction of sp³-hybridized carbons (Fsp3) is 0.400. The predicted molar refractivity (Wildman–Crippen MR) is 56.5 cm³/mol. The van der Waals surface area contributed by atoms with E-state index in [1.807, 2.05) is 13.0 Å². The first kappa shape index (κ1) is 10.4. The van der Waals surface area contributed by atoms with Gasteiger partial charge < -0.3 is 4.74 Å². The first-order chi connectivity index (χ1) is 7.01. The highest BCUT2D eigenvalue weighted by atomic mass is 32.2.